The van der Waals surface area contributed by atoms with Crippen molar-refractivity contribution in [3.8, 4) is 0 Å². The van der Waals surface area contributed by atoms with E-state index in [1.54, 1.807) is 0 Å². The lowest BCUT2D eigenvalue weighted by Gasteiger charge is -2.26. The standard InChI is InChI=1S/C14H30N2/c1-11(2)13-6-5-8-16(9-7-13)10-14(15)12(3)4/h11-14H,5-10,15H2,1-4H3. The Bertz CT molecular complexity index is 189. The lowest BCUT2D eigenvalue weighted by atomic mass is 9.89. The average Bonchev–Trinajstić information content (AvgIpc) is 2.43. The van der Waals surface area contributed by atoms with Crippen molar-refractivity contribution in [2.24, 2.45) is 23.5 Å². The fraction of sp³-hybridized carbons (Fsp3) is 1.00. The number of nitrogens with two attached hydrogens (primary N) is 1. The van der Waals surface area contributed by atoms with E-state index >= 15 is 0 Å². The van der Waals surface area contributed by atoms with Gasteiger partial charge in [0.1, 0.15) is 0 Å². The summed E-state index contributed by atoms with van der Waals surface area (Å²) in [5.41, 5.74) is 6.15. The van der Waals surface area contributed by atoms with Gasteiger partial charge in [0.05, 0.1) is 0 Å². The van der Waals surface area contributed by atoms with E-state index < -0.39 is 0 Å². The van der Waals surface area contributed by atoms with Gasteiger partial charge in [0.25, 0.3) is 0 Å². The highest BCUT2D eigenvalue weighted by molar-refractivity contribution is 4.76. The minimum atomic E-state index is 0.343. The monoisotopic (exact) mass is 226 g/mol. The fourth-order valence-electron chi connectivity index (χ4n) is 2.54. The van der Waals surface area contributed by atoms with Crippen LogP contribution in [0.25, 0.3) is 0 Å². The summed E-state index contributed by atoms with van der Waals surface area (Å²) in [7, 11) is 0. The molecule has 2 heteroatoms. The Morgan fingerprint density at radius 2 is 1.81 bits per heavy atom. The topological polar surface area (TPSA) is 29.3 Å². The van der Waals surface area contributed by atoms with Gasteiger partial charge in [-0.1, -0.05) is 27.7 Å². The second-order valence-electron chi connectivity index (χ2n) is 6.14. The molecule has 0 amide bonds. The molecule has 2 N–H and O–H groups in total. The van der Waals surface area contributed by atoms with Gasteiger partial charge in [-0.25, -0.2) is 0 Å². The SMILES string of the molecule is CC(C)C(N)CN1CCCC(C(C)C)CC1. The van der Waals surface area contributed by atoms with Crippen LogP contribution >= 0.6 is 0 Å². The quantitative estimate of drug-likeness (QED) is 0.798. The van der Waals surface area contributed by atoms with Crippen LogP contribution in [-0.2, 0) is 0 Å². The van der Waals surface area contributed by atoms with Crippen LogP contribution in [-0.4, -0.2) is 30.6 Å². The predicted molar refractivity (Wildman–Crippen MR) is 71.4 cm³/mol. The van der Waals surface area contributed by atoms with E-state index in [9.17, 15) is 0 Å². The summed E-state index contributed by atoms with van der Waals surface area (Å²) in [6, 6.07) is 0.343. The minimum absolute atomic E-state index is 0.343. The zero-order chi connectivity index (χ0) is 12.1. The van der Waals surface area contributed by atoms with Crippen molar-refractivity contribution in [1.82, 2.24) is 4.90 Å². The molecule has 1 aliphatic heterocycles. The van der Waals surface area contributed by atoms with E-state index in [1.165, 1.54) is 32.4 Å². The molecule has 2 atom stereocenters. The zero-order valence-electron chi connectivity index (χ0n) is 11.6. The number of likely N-dealkylation sites (tertiary alicyclic amines) is 1. The van der Waals surface area contributed by atoms with Gasteiger partial charge in [-0.05, 0) is 50.1 Å². The molecule has 2 unspecified atom stereocenters. The van der Waals surface area contributed by atoms with Crippen LogP contribution in [0.5, 0.6) is 0 Å². The molecule has 96 valence electrons. The van der Waals surface area contributed by atoms with Gasteiger partial charge in [-0.2, -0.15) is 0 Å². The lowest BCUT2D eigenvalue weighted by Crippen LogP contribution is -2.41. The fourth-order valence-corrected chi connectivity index (χ4v) is 2.54. The summed E-state index contributed by atoms with van der Waals surface area (Å²) in [4.78, 5) is 2.58. The summed E-state index contributed by atoms with van der Waals surface area (Å²) in [5.74, 6) is 2.38. The first-order chi connectivity index (χ1) is 7.50. The number of hydrogen-bond donors (Lipinski definition) is 1. The minimum Gasteiger partial charge on any atom is -0.326 e. The summed E-state index contributed by atoms with van der Waals surface area (Å²) in [6.07, 6.45) is 4.13. The van der Waals surface area contributed by atoms with Gasteiger partial charge in [-0.15, -0.1) is 0 Å². The first-order valence-electron chi connectivity index (χ1n) is 6.98. The molecule has 1 fully saturated rings. The van der Waals surface area contributed by atoms with Crippen molar-refractivity contribution in [2.45, 2.75) is 53.0 Å². The van der Waals surface area contributed by atoms with Crippen LogP contribution in [0, 0.1) is 17.8 Å². The maximum atomic E-state index is 6.15. The Labute approximate surface area is 102 Å². The van der Waals surface area contributed by atoms with Crippen molar-refractivity contribution >= 4 is 0 Å². The van der Waals surface area contributed by atoms with E-state index in [2.05, 4.69) is 32.6 Å². The third-order valence-electron chi connectivity index (χ3n) is 4.13. The highest BCUT2D eigenvalue weighted by Crippen LogP contribution is 2.24. The second kappa shape index (κ2) is 6.61. The highest BCUT2D eigenvalue weighted by Gasteiger charge is 2.21. The van der Waals surface area contributed by atoms with Crippen LogP contribution in [0.3, 0.4) is 0 Å². The zero-order valence-corrected chi connectivity index (χ0v) is 11.6. The van der Waals surface area contributed by atoms with E-state index in [0.29, 0.717) is 12.0 Å². The van der Waals surface area contributed by atoms with E-state index in [-0.39, 0.29) is 0 Å². The van der Waals surface area contributed by atoms with Crippen molar-refractivity contribution in [1.29, 1.82) is 0 Å². The molecule has 1 aliphatic rings. The Hall–Kier alpha value is -0.0800. The number of rotatable bonds is 4. The molecule has 0 spiro atoms. The molecule has 16 heavy (non-hydrogen) atoms. The van der Waals surface area contributed by atoms with E-state index in [4.69, 9.17) is 5.73 Å². The van der Waals surface area contributed by atoms with Gasteiger partial charge in [0.2, 0.25) is 0 Å². The molecule has 1 rings (SSSR count). The molecule has 1 heterocycles. The maximum absolute atomic E-state index is 6.15. The van der Waals surface area contributed by atoms with Crippen molar-refractivity contribution in [3.05, 3.63) is 0 Å². The van der Waals surface area contributed by atoms with Crippen molar-refractivity contribution in [3.63, 3.8) is 0 Å². The summed E-state index contributed by atoms with van der Waals surface area (Å²) in [5, 5.41) is 0. The number of nitrogens with zero attached hydrogens (tertiary/aromatic N) is 1. The Kier molecular flexibility index (Phi) is 5.77. The molecular formula is C14H30N2. The van der Waals surface area contributed by atoms with Crippen LogP contribution < -0.4 is 5.73 Å². The van der Waals surface area contributed by atoms with Crippen molar-refractivity contribution in [2.75, 3.05) is 19.6 Å². The van der Waals surface area contributed by atoms with Crippen LogP contribution in [0.2, 0.25) is 0 Å². The predicted octanol–water partition coefficient (Wildman–Crippen LogP) is 2.73. The van der Waals surface area contributed by atoms with Crippen LogP contribution in [0.1, 0.15) is 47.0 Å². The summed E-state index contributed by atoms with van der Waals surface area (Å²) in [6.45, 7) is 12.8. The molecule has 0 aromatic heterocycles. The first kappa shape index (κ1) is 14.0. The van der Waals surface area contributed by atoms with E-state index in [1.807, 2.05) is 0 Å². The molecule has 0 aromatic rings. The lowest BCUT2D eigenvalue weighted by molar-refractivity contribution is 0.239. The van der Waals surface area contributed by atoms with Gasteiger partial charge < -0.3 is 10.6 Å². The van der Waals surface area contributed by atoms with Crippen LogP contribution in [0.4, 0.5) is 0 Å². The smallest absolute Gasteiger partial charge is 0.0191 e. The largest absolute Gasteiger partial charge is 0.326 e. The van der Waals surface area contributed by atoms with Gasteiger partial charge in [0, 0.05) is 12.6 Å². The van der Waals surface area contributed by atoms with Gasteiger partial charge >= 0.3 is 0 Å². The Morgan fingerprint density at radius 1 is 1.12 bits per heavy atom. The third kappa shape index (κ3) is 4.42. The number of hydrogen-bond acceptors (Lipinski definition) is 2. The molecular weight excluding hydrogens is 196 g/mol. The summed E-state index contributed by atoms with van der Waals surface area (Å²) < 4.78 is 0. The van der Waals surface area contributed by atoms with Gasteiger partial charge in [-0.3, -0.25) is 0 Å². The molecule has 0 radical (unpaired) electrons. The normalized spacial score (nSPS) is 26.1. The van der Waals surface area contributed by atoms with E-state index in [0.717, 1.165) is 18.4 Å². The molecule has 2 nitrogen and oxygen atoms in total. The Balaban J connectivity index is 2.35. The average molecular weight is 226 g/mol. The molecule has 1 saturated heterocycles. The van der Waals surface area contributed by atoms with Crippen molar-refractivity contribution < 1.29 is 0 Å². The van der Waals surface area contributed by atoms with Gasteiger partial charge in [0.15, 0.2) is 0 Å². The molecule has 0 aliphatic carbocycles. The third-order valence-corrected chi connectivity index (χ3v) is 4.13. The first-order valence-corrected chi connectivity index (χ1v) is 6.98. The maximum Gasteiger partial charge on any atom is 0.0191 e. The second-order valence-corrected chi connectivity index (χ2v) is 6.14. The molecule has 0 saturated carbocycles. The molecule has 0 bridgehead atoms. The Morgan fingerprint density at radius 3 is 2.38 bits per heavy atom. The highest BCUT2D eigenvalue weighted by atomic mass is 15.1. The molecule has 0 aromatic carbocycles. The van der Waals surface area contributed by atoms with Crippen LogP contribution in [0.15, 0.2) is 0 Å². The summed E-state index contributed by atoms with van der Waals surface area (Å²) >= 11 is 0.